The third-order valence-electron chi connectivity index (χ3n) is 2.30. The van der Waals surface area contributed by atoms with Gasteiger partial charge in [0, 0.05) is 51.0 Å². The Morgan fingerprint density at radius 1 is 1.26 bits per heavy atom. The molecule has 1 fully saturated rings. The molecule has 11 heteroatoms. The lowest BCUT2D eigenvalue weighted by Gasteiger charge is -2.30. The van der Waals surface area contributed by atoms with Crippen molar-refractivity contribution in [2.24, 2.45) is 5.90 Å². The van der Waals surface area contributed by atoms with Crippen molar-refractivity contribution < 1.29 is 18.4 Å². The molecule has 0 aromatic rings. The zero-order chi connectivity index (χ0) is 14.1. The summed E-state index contributed by atoms with van der Waals surface area (Å²) in [6, 6.07) is 0. The highest BCUT2D eigenvalue weighted by Gasteiger charge is 2.33. The van der Waals surface area contributed by atoms with E-state index in [1.54, 1.807) is 0 Å². The lowest BCUT2D eigenvalue weighted by Crippen LogP contribution is -2.43. The molecule has 1 aliphatic rings. The molecule has 3 N–H and O–H groups in total. The molecule has 1 atom stereocenters. The second-order valence-electron chi connectivity index (χ2n) is 3.70. The Labute approximate surface area is 122 Å². The van der Waals surface area contributed by atoms with Gasteiger partial charge >= 0.3 is 7.82 Å². The third kappa shape index (κ3) is 6.68. The van der Waals surface area contributed by atoms with Crippen LogP contribution in [0.25, 0.3) is 0 Å². The summed E-state index contributed by atoms with van der Waals surface area (Å²) >= 11 is 11.2. The van der Waals surface area contributed by atoms with E-state index in [1.165, 1.54) is 10.1 Å². The van der Waals surface area contributed by atoms with Crippen molar-refractivity contribution >= 4 is 31.0 Å². The van der Waals surface area contributed by atoms with Crippen LogP contribution in [0.4, 0.5) is 0 Å². The van der Waals surface area contributed by atoms with Crippen LogP contribution in [0, 0.1) is 0 Å². The van der Waals surface area contributed by atoms with Gasteiger partial charge in [-0.25, -0.2) is 10.5 Å². The standard InChI is InChI=1S/C8H19Cl2N4O4P/c9-1-5-13(6-2-10)17-19(15,16-11)18-14-7-3-12-4-8-14/h12H,1-8,11H2. The van der Waals surface area contributed by atoms with Crippen molar-refractivity contribution in [2.75, 3.05) is 51.0 Å². The van der Waals surface area contributed by atoms with Gasteiger partial charge in [-0.2, -0.15) is 24.0 Å². The largest absolute Gasteiger partial charge is 0.524 e. The number of rotatable bonds is 9. The average Bonchev–Trinajstić information content (AvgIpc) is 2.40. The van der Waals surface area contributed by atoms with E-state index in [-0.39, 0.29) is 11.8 Å². The molecule has 0 radical (unpaired) electrons. The molecule has 0 aromatic carbocycles. The van der Waals surface area contributed by atoms with Crippen molar-refractivity contribution in [3.05, 3.63) is 0 Å². The first-order valence-corrected chi connectivity index (χ1v) is 8.37. The zero-order valence-corrected chi connectivity index (χ0v) is 12.9. The second-order valence-corrected chi connectivity index (χ2v) is 5.89. The molecule has 1 saturated heterocycles. The molecule has 1 rings (SSSR count). The normalized spacial score (nSPS) is 20.6. The first kappa shape index (κ1) is 17.6. The van der Waals surface area contributed by atoms with Crippen LogP contribution in [0.5, 0.6) is 0 Å². The van der Waals surface area contributed by atoms with Crippen molar-refractivity contribution in [1.82, 2.24) is 15.4 Å². The van der Waals surface area contributed by atoms with Gasteiger partial charge in [-0.15, -0.1) is 23.2 Å². The summed E-state index contributed by atoms with van der Waals surface area (Å²) in [6.07, 6.45) is 0. The zero-order valence-electron chi connectivity index (χ0n) is 10.5. The van der Waals surface area contributed by atoms with Crippen LogP contribution in [-0.2, 0) is 18.4 Å². The number of nitrogens with one attached hydrogen (secondary N) is 1. The molecule has 1 unspecified atom stereocenters. The van der Waals surface area contributed by atoms with Crippen LogP contribution in [0.15, 0.2) is 0 Å². The van der Waals surface area contributed by atoms with Crippen LogP contribution in [0.3, 0.4) is 0 Å². The van der Waals surface area contributed by atoms with Crippen LogP contribution < -0.4 is 11.2 Å². The summed E-state index contributed by atoms with van der Waals surface area (Å²) < 4.78 is 27.0. The van der Waals surface area contributed by atoms with Gasteiger partial charge in [0.25, 0.3) is 0 Å². The highest BCUT2D eigenvalue weighted by Crippen LogP contribution is 2.49. The van der Waals surface area contributed by atoms with Gasteiger partial charge in [0.15, 0.2) is 0 Å². The van der Waals surface area contributed by atoms with Gasteiger partial charge in [-0.1, -0.05) is 0 Å². The van der Waals surface area contributed by atoms with Crippen LogP contribution in [-0.4, -0.2) is 61.2 Å². The number of hydrogen-bond acceptors (Lipinski definition) is 8. The van der Waals surface area contributed by atoms with E-state index in [0.717, 1.165) is 13.1 Å². The molecule has 0 saturated carbocycles. The molecule has 0 aliphatic carbocycles. The first-order valence-electron chi connectivity index (χ1n) is 5.84. The number of alkyl halides is 2. The Morgan fingerprint density at radius 2 is 1.84 bits per heavy atom. The van der Waals surface area contributed by atoms with E-state index >= 15 is 0 Å². The topological polar surface area (TPSA) is 89.3 Å². The fourth-order valence-corrected chi connectivity index (χ4v) is 2.82. The quantitative estimate of drug-likeness (QED) is 0.358. The van der Waals surface area contributed by atoms with E-state index in [0.29, 0.717) is 26.2 Å². The van der Waals surface area contributed by atoms with Crippen molar-refractivity contribution in [1.29, 1.82) is 0 Å². The number of nitrogens with two attached hydrogens (primary N) is 1. The molecule has 0 spiro atoms. The summed E-state index contributed by atoms with van der Waals surface area (Å²) in [7, 11) is -3.90. The molecule has 1 heterocycles. The van der Waals surface area contributed by atoms with E-state index in [9.17, 15) is 4.57 Å². The van der Waals surface area contributed by atoms with Crippen LogP contribution in [0.1, 0.15) is 0 Å². The fraction of sp³-hybridized carbons (Fsp3) is 1.00. The minimum absolute atomic E-state index is 0.287. The van der Waals surface area contributed by atoms with Gasteiger partial charge in [0.1, 0.15) is 0 Å². The summed E-state index contributed by atoms with van der Waals surface area (Å²) in [4.78, 5) is 0. The minimum atomic E-state index is -3.90. The first-order chi connectivity index (χ1) is 9.13. The van der Waals surface area contributed by atoms with E-state index < -0.39 is 7.82 Å². The molecule has 0 aromatic heterocycles. The second kappa shape index (κ2) is 9.46. The lowest BCUT2D eigenvalue weighted by molar-refractivity contribution is -0.146. The van der Waals surface area contributed by atoms with Crippen molar-refractivity contribution in [3.8, 4) is 0 Å². The number of phosphoric acid groups is 1. The highest BCUT2D eigenvalue weighted by molar-refractivity contribution is 7.48. The Bertz CT molecular complexity index is 290. The van der Waals surface area contributed by atoms with Crippen molar-refractivity contribution in [2.45, 2.75) is 0 Å². The number of piperazine rings is 1. The van der Waals surface area contributed by atoms with Crippen LogP contribution in [0.2, 0.25) is 0 Å². The maximum atomic E-state index is 12.2. The molecular weight excluding hydrogens is 318 g/mol. The number of halogens is 2. The van der Waals surface area contributed by atoms with E-state index in [4.69, 9.17) is 38.3 Å². The van der Waals surface area contributed by atoms with E-state index in [2.05, 4.69) is 9.94 Å². The maximum Gasteiger partial charge on any atom is 0.524 e. The van der Waals surface area contributed by atoms with Gasteiger partial charge < -0.3 is 5.32 Å². The minimum Gasteiger partial charge on any atom is -0.314 e. The van der Waals surface area contributed by atoms with E-state index in [1.807, 2.05) is 0 Å². The number of nitrogens with zero attached hydrogens (tertiary/aromatic N) is 2. The van der Waals surface area contributed by atoms with Crippen LogP contribution >= 0.6 is 31.0 Å². The predicted octanol–water partition coefficient (Wildman–Crippen LogP) is 0.533. The van der Waals surface area contributed by atoms with Gasteiger partial charge in [-0.3, -0.25) is 0 Å². The average molecular weight is 337 g/mol. The Hall–Kier alpha value is 0.530. The number of hydrogen-bond donors (Lipinski definition) is 2. The molecule has 114 valence electrons. The molecule has 0 amide bonds. The van der Waals surface area contributed by atoms with Gasteiger partial charge in [0.05, 0.1) is 0 Å². The molecule has 8 nitrogen and oxygen atoms in total. The third-order valence-corrected chi connectivity index (χ3v) is 3.76. The van der Waals surface area contributed by atoms with Gasteiger partial charge in [-0.05, 0) is 0 Å². The Morgan fingerprint density at radius 3 is 2.32 bits per heavy atom. The Kier molecular flexibility index (Phi) is 8.76. The Balaban J connectivity index is 2.53. The highest BCUT2D eigenvalue weighted by atomic mass is 35.5. The summed E-state index contributed by atoms with van der Waals surface area (Å²) in [5.74, 6) is 5.59. The summed E-state index contributed by atoms with van der Waals surface area (Å²) in [6.45, 7) is 3.21. The fourth-order valence-electron chi connectivity index (χ4n) is 1.44. The molecule has 0 bridgehead atoms. The maximum absolute atomic E-state index is 12.2. The predicted molar refractivity (Wildman–Crippen MR) is 72.5 cm³/mol. The molecule has 1 aliphatic heterocycles. The summed E-state index contributed by atoms with van der Waals surface area (Å²) in [5, 5.41) is 5.94. The lowest BCUT2D eigenvalue weighted by atomic mass is 10.4. The van der Waals surface area contributed by atoms with Gasteiger partial charge in [0.2, 0.25) is 0 Å². The smallest absolute Gasteiger partial charge is 0.314 e. The SMILES string of the molecule is NOP(=O)(ON(CCCl)CCCl)ON1CCNCC1. The monoisotopic (exact) mass is 336 g/mol. The molecular formula is C8H19Cl2N4O4P. The van der Waals surface area contributed by atoms with Crippen molar-refractivity contribution in [3.63, 3.8) is 0 Å². The molecule has 19 heavy (non-hydrogen) atoms. The summed E-state index contributed by atoms with van der Waals surface area (Å²) in [5.41, 5.74) is 0. The number of hydroxylamine groups is 4.